The molecular formula is C18H24ClNO3. The molecule has 2 atom stereocenters. The van der Waals surface area contributed by atoms with E-state index in [-0.39, 0.29) is 17.2 Å². The van der Waals surface area contributed by atoms with Crippen molar-refractivity contribution in [2.45, 2.75) is 43.6 Å². The summed E-state index contributed by atoms with van der Waals surface area (Å²) in [5.41, 5.74) is 1.02. The van der Waals surface area contributed by atoms with Crippen LogP contribution < -0.4 is 5.32 Å². The SMILES string of the molecule is O=C(NCC1(c2cccc(Cl)c2)CCOCC1)C1CCCC1O. The average Bonchev–Trinajstić information content (AvgIpc) is 3.00. The summed E-state index contributed by atoms with van der Waals surface area (Å²) in [5.74, 6) is -0.283. The molecule has 3 rings (SSSR count). The smallest absolute Gasteiger partial charge is 0.225 e. The Bertz CT molecular complexity index is 557. The van der Waals surface area contributed by atoms with Crippen molar-refractivity contribution < 1.29 is 14.6 Å². The highest BCUT2D eigenvalue weighted by atomic mass is 35.5. The van der Waals surface area contributed by atoms with Gasteiger partial charge in [0.1, 0.15) is 0 Å². The van der Waals surface area contributed by atoms with Crippen molar-refractivity contribution in [3.05, 3.63) is 34.9 Å². The number of ether oxygens (including phenoxy) is 1. The molecule has 2 aliphatic rings. The molecule has 1 aliphatic heterocycles. The highest BCUT2D eigenvalue weighted by Crippen LogP contribution is 2.36. The Balaban J connectivity index is 1.73. The van der Waals surface area contributed by atoms with Crippen LogP contribution in [0, 0.1) is 5.92 Å². The molecule has 1 amide bonds. The topological polar surface area (TPSA) is 58.6 Å². The fourth-order valence-corrected chi connectivity index (χ4v) is 3.97. The molecular weight excluding hydrogens is 314 g/mol. The summed E-state index contributed by atoms with van der Waals surface area (Å²) in [4.78, 5) is 12.4. The van der Waals surface area contributed by atoms with Gasteiger partial charge in [-0.15, -0.1) is 0 Å². The standard InChI is InChI=1S/C18H24ClNO3/c19-14-4-1-3-13(11-14)18(7-9-23-10-8-18)12-20-17(22)15-5-2-6-16(15)21/h1,3-4,11,15-16,21H,2,5-10,12H2,(H,20,22). The molecule has 2 unspecified atom stereocenters. The van der Waals surface area contributed by atoms with Gasteiger partial charge < -0.3 is 15.2 Å². The van der Waals surface area contributed by atoms with E-state index in [9.17, 15) is 9.90 Å². The summed E-state index contributed by atoms with van der Waals surface area (Å²) in [6.45, 7) is 1.95. The summed E-state index contributed by atoms with van der Waals surface area (Å²) in [6, 6.07) is 7.89. The van der Waals surface area contributed by atoms with Crippen LogP contribution in [-0.4, -0.2) is 36.9 Å². The molecule has 1 aliphatic carbocycles. The van der Waals surface area contributed by atoms with Crippen molar-refractivity contribution in [3.63, 3.8) is 0 Å². The first-order chi connectivity index (χ1) is 11.1. The van der Waals surface area contributed by atoms with Crippen LogP contribution in [0.25, 0.3) is 0 Å². The van der Waals surface area contributed by atoms with Gasteiger partial charge in [0.05, 0.1) is 12.0 Å². The number of hydrogen-bond donors (Lipinski definition) is 2. The van der Waals surface area contributed by atoms with E-state index < -0.39 is 6.10 Å². The Kier molecular flexibility index (Phi) is 5.24. The zero-order valence-corrected chi connectivity index (χ0v) is 14.0. The van der Waals surface area contributed by atoms with Crippen molar-refractivity contribution >= 4 is 17.5 Å². The fourth-order valence-electron chi connectivity index (χ4n) is 3.78. The quantitative estimate of drug-likeness (QED) is 0.888. The van der Waals surface area contributed by atoms with Crippen molar-refractivity contribution in [3.8, 4) is 0 Å². The Hall–Kier alpha value is -1.10. The molecule has 2 fully saturated rings. The van der Waals surface area contributed by atoms with E-state index in [0.717, 1.165) is 37.7 Å². The number of aliphatic hydroxyl groups is 1. The van der Waals surface area contributed by atoms with Gasteiger partial charge in [-0.25, -0.2) is 0 Å². The van der Waals surface area contributed by atoms with Crippen LogP contribution in [0.4, 0.5) is 0 Å². The van der Waals surface area contributed by atoms with Crippen LogP contribution in [0.3, 0.4) is 0 Å². The maximum atomic E-state index is 12.4. The lowest BCUT2D eigenvalue weighted by Gasteiger charge is -2.38. The highest BCUT2D eigenvalue weighted by molar-refractivity contribution is 6.30. The van der Waals surface area contributed by atoms with Crippen LogP contribution >= 0.6 is 11.6 Å². The summed E-state index contributed by atoms with van der Waals surface area (Å²) in [6.07, 6.45) is 3.66. The van der Waals surface area contributed by atoms with Gasteiger partial charge >= 0.3 is 0 Å². The van der Waals surface area contributed by atoms with Gasteiger partial charge in [0.2, 0.25) is 5.91 Å². The first-order valence-corrected chi connectivity index (χ1v) is 8.78. The van der Waals surface area contributed by atoms with Gasteiger partial charge in [-0.3, -0.25) is 4.79 Å². The number of halogens is 1. The molecule has 1 saturated carbocycles. The molecule has 5 heteroatoms. The largest absolute Gasteiger partial charge is 0.392 e. The molecule has 0 spiro atoms. The van der Waals surface area contributed by atoms with Crippen LogP contribution in [0.2, 0.25) is 5.02 Å². The van der Waals surface area contributed by atoms with Gasteiger partial charge in [-0.1, -0.05) is 23.7 Å². The van der Waals surface area contributed by atoms with E-state index in [4.69, 9.17) is 16.3 Å². The number of carbonyl (C=O) groups is 1. The molecule has 126 valence electrons. The number of aliphatic hydroxyl groups excluding tert-OH is 1. The monoisotopic (exact) mass is 337 g/mol. The Morgan fingerprint density at radius 2 is 2.13 bits per heavy atom. The van der Waals surface area contributed by atoms with Crippen molar-refractivity contribution in [2.75, 3.05) is 19.8 Å². The van der Waals surface area contributed by atoms with E-state index in [1.807, 2.05) is 18.2 Å². The third-order valence-electron chi connectivity index (χ3n) is 5.30. The number of carbonyl (C=O) groups excluding carboxylic acids is 1. The average molecular weight is 338 g/mol. The minimum absolute atomic E-state index is 0.0251. The number of amides is 1. The van der Waals surface area contributed by atoms with Crippen molar-refractivity contribution in [2.24, 2.45) is 5.92 Å². The number of rotatable bonds is 4. The molecule has 0 bridgehead atoms. The zero-order chi connectivity index (χ0) is 16.3. The zero-order valence-electron chi connectivity index (χ0n) is 13.3. The molecule has 1 aromatic carbocycles. The molecule has 2 N–H and O–H groups in total. The van der Waals surface area contributed by atoms with E-state index in [0.29, 0.717) is 24.8 Å². The van der Waals surface area contributed by atoms with Crippen molar-refractivity contribution in [1.29, 1.82) is 0 Å². The van der Waals surface area contributed by atoms with Crippen LogP contribution in [-0.2, 0) is 14.9 Å². The third kappa shape index (κ3) is 3.70. The van der Waals surface area contributed by atoms with Crippen molar-refractivity contribution in [1.82, 2.24) is 5.32 Å². The summed E-state index contributed by atoms with van der Waals surface area (Å²) in [5, 5.41) is 13.7. The van der Waals surface area contributed by atoms with Gasteiger partial charge in [-0.2, -0.15) is 0 Å². The summed E-state index contributed by atoms with van der Waals surface area (Å²) < 4.78 is 5.51. The highest BCUT2D eigenvalue weighted by Gasteiger charge is 2.37. The molecule has 0 radical (unpaired) electrons. The van der Waals surface area contributed by atoms with E-state index >= 15 is 0 Å². The lowest BCUT2D eigenvalue weighted by atomic mass is 9.74. The number of hydrogen-bond acceptors (Lipinski definition) is 3. The summed E-state index contributed by atoms with van der Waals surface area (Å²) in [7, 11) is 0. The first kappa shape index (κ1) is 16.7. The third-order valence-corrected chi connectivity index (χ3v) is 5.54. The molecule has 1 heterocycles. The second kappa shape index (κ2) is 7.20. The first-order valence-electron chi connectivity index (χ1n) is 8.40. The van der Waals surface area contributed by atoms with Gasteiger partial charge in [0.15, 0.2) is 0 Å². The Morgan fingerprint density at radius 1 is 1.35 bits per heavy atom. The molecule has 1 aromatic rings. The van der Waals surface area contributed by atoms with E-state index in [1.165, 1.54) is 0 Å². The predicted octanol–water partition coefficient (Wildman–Crippen LogP) is 2.67. The minimum Gasteiger partial charge on any atom is -0.392 e. The minimum atomic E-state index is -0.494. The van der Waals surface area contributed by atoms with Crippen LogP contribution in [0.1, 0.15) is 37.7 Å². The predicted molar refractivity (Wildman–Crippen MR) is 89.5 cm³/mol. The normalized spacial score (nSPS) is 26.9. The molecule has 23 heavy (non-hydrogen) atoms. The second-order valence-electron chi connectivity index (χ2n) is 6.73. The molecule has 1 saturated heterocycles. The van der Waals surface area contributed by atoms with Gasteiger partial charge in [0.25, 0.3) is 0 Å². The van der Waals surface area contributed by atoms with E-state index in [1.54, 1.807) is 0 Å². The van der Waals surface area contributed by atoms with Crippen LogP contribution in [0.5, 0.6) is 0 Å². The van der Waals surface area contributed by atoms with E-state index in [2.05, 4.69) is 11.4 Å². The molecule has 0 aromatic heterocycles. The summed E-state index contributed by atoms with van der Waals surface area (Å²) >= 11 is 6.16. The van der Waals surface area contributed by atoms with Gasteiger partial charge in [0, 0.05) is 30.2 Å². The maximum absolute atomic E-state index is 12.4. The number of benzene rings is 1. The van der Waals surface area contributed by atoms with Crippen LogP contribution in [0.15, 0.2) is 24.3 Å². The Labute approximate surface area is 142 Å². The molecule has 4 nitrogen and oxygen atoms in total. The fraction of sp³-hybridized carbons (Fsp3) is 0.611. The Morgan fingerprint density at radius 3 is 2.78 bits per heavy atom. The lowest BCUT2D eigenvalue weighted by Crippen LogP contribution is -2.46. The number of nitrogens with one attached hydrogen (secondary N) is 1. The lowest BCUT2D eigenvalue weighted by molar-refractivity contribution is -0.128. The second-order valence-corrected chi connectivity index (χ2v) is 7.16. The van der Waals surface area contributed by atoms with Gasteiger partial charge in [-0.05, 0) is 49.8 Å². The maximum Gasteiger partial charge on any atom is 0.225 e.